The molecule has 1 aromatic carbocycles. The van der Waals surface area contributed by atoms with Gasteiger partial charge in [-0.1, -0.05) is 26.2 Å². The van der Waals surface area contributed by atoms with Gasteiger partial charge < -0.3 is 9.46 Å². The van der Waals surface area contributed by atoms with E-state index < -0.39 is 0 Å². The van der Waals surface area contributed by atoms with E-state index in [4.69, 9.17) is 4.74 Å². The normalized spacial score (nSPS) is 9.94. The smallest absolute Gasteiger partial charge is 0.159 e. The van der Waals surface area contributed by atoms with Crippen LogP contribution in [0.15, 0.2) is 18.2 Å². The van der Waals surface area contributed by atoms with Crippen LogP contribution in [0, 0.1) is 0 Å². The fourth-order valence-electron chi connectivity index (χ4n) is 1.29. The van der Waals surface area contributed by atoms with E-state index in [0.29, 0.717) is 12.2 Å². The summed E-state index contributed by atoms with van der Waals surface area (Å²) in [7, 11) is 0. The van der Waals surface area contributed by atoms with Crippen LogP contribution in [0.5, 0.6) is 5.75 Å². The number of unbranched alkanes of at least 4 members (excludes halogenated alkanes) is 1. The Balaban J connectivity index is 2.80. The van der Waals surface area contributed by atoms with Crippen LogP contribution in [0.3, 0.4) is 0 Å². The summed E-state index contributed by atoms with van der Waals surface area (Å²) < 4.78 is 8.32. The van der Waals surface area contributed by atoms with Crippen LogP contribution in [0.4, 0.5) is 5.69 Å². The molecule has 0 aliphatic carbocycles. The number of ketones is 1. The SMILES string of the molecule is CCCCOc1ccc(C(C)=O)cc1NS. The number of hydrogen-bond donors (Lipinski definition) is 2. The van der Waals surface area contributed by atoms with Crippen LogP contribution in [0.2, 0.25) is 0 Å². The van der Waals surface area contributed by atoms with E-state index in [9.17, 15) is 4.79 Å². The number of rotatable bonds is 6. The minimum Gasteiger partial charge on any atom is -0.491 e. The highest BCUT2D eigenvalue weighted by atomic mass is 32.1. The van der Waals surface area contributed by atoms with Gasteiger partial charge in [0.05, 0.1) is 12.3 Å². The number of carbonyl (C=O) groups excluding carboxylic acids is 1. The first-order valence-corrected chi connectivity index (χ1v) is 5.81. The number of carbonyl (C=O) groups is 1. The molecule has 0 saturated heterocycles. The predicted octanol–water partition coefficient (Wildman–Crippen LogP) is 3.32. The Labute approximate surface area is 102 Å². The van der Waals surface area contributed by atoms with Crippen molar-refractivity contribution in [2.45, 2.75) is 26.7 Å². The van der Waals surface area contributed by atoms with Crippen molar-refractivity contribution in [3.8, 4) is 5.75 Å². The topological polar surface area (TPSA) is 38.3 Å². The molecule has 0 bridgehead atoms. The van der Waals surface area contributed by atoms with E-state index in [0.717, 1.165) is 24.3 Å². The standard InChI is InChI=1S/C12H17NO2S/c1-3-4-7-15-12-6-5-10(9(2)14)8-11(12)13-16/h5-6,8,13,16H,3-4,7H2,1-2H3. The highest BCUT2D eigenvalue weighted by Crippen LogP contribution is 2.26. The second-order valence-corrected chi connectivity index (χ2v) is 3.80. The molecule has 1 rings (SSSR count). The Morgan fingerprint density at radius 3 is 2.81 bits per heavy atom. The highest BCUT2D eigenvalue weighted by molar-refractivity contribution is 7.81. The van der Waals surface area contributed by atoms with Crippen molar-refractivity contribution in [2.24, 2.45) is 0 Å². The Bertz CT molecular complexity index is 366. The van der Waals surface area contributed by atoms with Gasteiger partial charge in [0.25, 0.3) is 0 Å². The van der Waals surface area contributed by atoms with Gasteiger partial charge in [-0.15, -0.1) is 0 Å². The molecule has 0 aliphatic rings. The third-order valence-corrected chi connectivity index (χ3v) is 2.50. The van der Waals surface area contributed by atoms with Crippen LogP contribution in [-0.2, 0) is 0 Å². The van der Waals surface area contributed by atoms with Gasteiger partial charge in [-0.2, -0.15) is 0 Å². The number of ether oxygens (including phenoxy) is 1. The van der Waals surface area contributed by atoms with Crippen LogP contribution < -0.4 is 9.46 Å². The molecule has 3 nitrogen and oxygen atoms in total. The lowest BCUT2D eigenvalue weighted by atomic mass is 10.1. The van der Waals surface area contributed by atoms with Crippen molar-refractivity contribution in [3.05, 3.63) is 23.8 Å². The second-order valence-electron chi connectivity index (χ2n) is 3.58. The predicted molar refractivity (Wildman–Crippen MR) is 69.5 cm³/mol. The molecule has 0 amide bonds. The average Bonchev–Trinajstić information content (AvgIpc) is 2.29. The summed E-state index contributed by atoms with van der Waals surface area (Å²) >= 11 is 4.00. The largest absolute Gasteiger partial charge is 0.491 e. The molecule has 4 heteroatoms. The fourth-order valence-corrected chi connectivity index (χ4v) is 1.46. The molecule has 0 aromatic heterocycles. The Morgan fingerprint density at radius 1 is 1.50 bits per heavy atom. The van der Waals surface area contributed by atoms with Gasteiger partial charge in [0.15, 0.2) is 5.78 Å². The lowest BCUT2D eigenvalue weighted by molar-refractivity contribution is 0.101. The Morgan fingerprint density at radius 2 is 2.25 bits per heavy atom. The van der Waals surface area contributed by atoms with Crippen LogP contribution in [0.1, 0.15) is 37.0 Å². The van der Waals surface area contributed by atoms with Crippen molar-refractivity contribution in [2.75, 3.05) is 11.3 Å². The third-order valence-electron chi connectivity index (χ3n) is 2.26. The summed E-state index contributed by atoms with van der Waals surface area (Å²) in [5.41, 5.74) is 1.38. The minimum absolute atomic E-state index is 0.0324. The summed E-state index contributed by atoms with van der Waals surface area (Å²) in [5.74, 6) is 0.762. The van der Waals surface area contributed by atoms with Gasteiger partial charge in [-0.3, -0.25) is 4.79 Å². The zero-order chi connectivity index (χ0) is 12.0. The lowest BCUT2D eigenvalue weighted by Crippen LogP contribution is -2.00. The Kier molecular flexibility index (Phi) is 5.19. The van der Waals surface area contributed by atoms with Crippen molar-refractivity contribution >= 4 is 24.3 Å². The monoisotopic (exact) mass is 239 g/mol. The molecule has 1 N–H and O–H groups in total. The fraction of sp³-hybridized carbons (Fsp3) is 0.417. The first-order valence-electron chi connectivity index (χ1n) is 5.37. The highest BCUT2D eigenvalue weighted by Gasteiger charge is 2.06. The van der Waals surface area contributed by atoms with Gasteiger partial charge in [0, 0.05) is 5.56 Å². The molecule has 0 spiro atoms. The first kappa shape index (κ1) is 12.9. The van der Waals surface area contributed by atoms with Crippen LogP contribution >= 0.6 is 12.8 Å². The molecular weight excluding hydrogens is 222 g/mol. The molecule has 0 radical (unpaired) electrons. The zero-order valence-electron chi connectivity index (χ0n) is 9.62. The van der Waals surface area contributed by atoms with Crippen molar-refractivity contribution < 1.29 is 9.53 Å². The maximum Gasteiger partial charge on any atom is 0.159 e. The molecule has 0 atom stereocenters. The number of hydrogen-bond acceptors (Lipinski definition) is 4. The van der Waals surface area contributed by atoms with Crippen LogP contribution in [-0.4, -0.2) is 12.4 Å². The van der Waals surface area contributed by atoms with Gasteiger partial charge in [-0.05, 0) is 31.5 Å². The van der Waals surface area contributed by atoms with E-state index in [1.54, 1.807) is 18.2 Å². The molecule has 88 valence electrons. The number of Topliss-reactive ketones (excluding diaryl/α,β-unsaturated/α-hetero) is 1. The minimum atomic E-state index is 0.0324. The molecule has 1 aromatic rings. The molecule has 16 heavy (non-hydrogen) atoms. The number of nitrogens with one attached hydrogen (secondary N) is 1. The number of benzene rings is 1. The maximum absolute atomic E-state index is 11.2. The lowest BCUT2D eigenvalue weighted by Gasteiger charge is -2.11. The van der Waals surface area contributed by atoms with E-state index in [-0.39, 0.29) is 5.78 Å². The zero-order valence-corrected chi connectivity index (χ0v) is 10.5. The summed E-state index contributed by atoms with van der Waals surface area (Å²) in [5, 5.41) is 0. The van der Waals surface area contributed by atoms with E-state index in [1.165, 1.54) is 6.92 Å². The molecule has 0 unspecified atom stereocenters. The molecule has 0 fully saturated rings. The van der Waals surface area contributed by atoms with Gasteiger partial charge in [-0.25, -0.2) is 0 Å². The van der Waals surface area contributed by atoms with Crippen LogP contribution in [0.25, 0.3) is 0 Å². The quantitative estimate of drug-likeness (QED) is 0.454. The molecule has 0 aliphatic heterocycles. The Hall–Kier alpha value is -1.16. The third kappa shape index (κ3) is 3.45. The average molecular weight is 239 g/mol. The first-order chi connectivity index (χ1) is 7.69. The summed E-state index contributed by atoms with van der Waals surface area (Å²) in [6, 6.07) is 5.31. The molecule has 0 saturated carbocycles. The van der Waals surface area contributed by atoms with Crippen molar-refractivity contribution in [1.29, 1.82) is 0 Å². The van der Waals surface area contributed by atoms with Crippen molar-refractivity contribution in [3.63, 3.8) is 0 Å². The summed E-state index contributed by atoms with van der Waals surface area (Å²) in [4.78, 5) is 11.2. The summed E-state index contributed by atoms with van der Waals surface area (Å²) in [6.45, 7) is 4.33. The van der Waals surface area contributed by atoms with Gasteiger partial charge in [0.1, 0.15) is 5.75 Å². The molecule has 0 heterocycles. The number of thiol groups is 1. The van der Waals surface area contributed by atoms with E-state index in [1.807, 2.05) is 0 Å². The van der Waals surface area contributed by atoms with E-state index >= 15 is 0 Å². The molecular formula is C12H17NO2S. The second kappa shape index (κ2) is 6.43. The van der Waals surface area contributed by atoms with E-state index in [2.05, 4.69) is 24.5 Å². The van der Waals surface area contributed by atoms with Gasteiger partial charge >= 0.3 is 0 Å². The maximum atomic E-state index is 11.2. The number of anilines is 1. The van der Waals surface area contributed by atoms with Crippen molar-refractivity contribution in [1.82, 2.24) is 0 Å². The summed E-state index contributed by atoms with van der Waals surface area (Å²) in [6.07, 6.45) is 2.11. The van der Waals surface area contributed by atoms with Gasteiger partial charge in [0.2, 0.25) is 0 Å².